The van der Waals surface area contributed by atoms with E-state index in [1.165, 1.54) is 7.11 Å². The van der Waals surface area contributed by atoms with Gasteiger partial charge in [0.05, 0.1) is 12.5 Å². The SMILES string of the molecule is COc1cccc2c(=O)c(OCC(=O)O)coc12. The normalized spacial score (nSPS) is 10.3. The zero-order chi connectivity index (χ0) is 13.1. The van der Waals surface area contributed by atoms with Gasteiger partial charge in [-0.15, -0.1) is 0 Å². The quantitative estimate of drug-likeness (QED) is 0.879. The van der Waals surface area contributed by atoms with Crippen LogP contribution < -0.4 is 14.9 Å². The van der Waals surface area contributed by atoms with E-state index in [0.29, 0.717) is 11.3 Å². The summed E-state index contributed by atoms with van der Waals surface area (Å²) in [5.74, 6) is -0.882. The highest BCUT2D eigenvalue weighted by molar-refractivity contribution is 5.83. The molecule has 0 spiro atoms. The maximum Gasteiger partial charge on any atom is 0.341 e. The number of methoxy groups -OCH3 is 1. The molecule has 0 amide bonds. The molecule has 1 N–H and O–H groups in total. The maximum absolute atomic E-state index is 12.0. The standard InChI is InChI=1S/C12H10O6/c1-16-8-4-2-3-7-11(15)9(5-18-12(7)8)17-6-10(13)14/h2-5H,6H2,1H3,(H,13,14). The number of fused-ring (bicyclic) bond motifs is 1. The molecule has 0 aliphatic heterocycles. The van der Waals surface area contributed by atoms with Crippen molar-refractivity contribution < 1.29 is 23.8 Å². The fourth-order valence-corrected chi connectivity index (χ4v) is 1.51. The summed E-state index contributed by atoms with van der Waals surface area (Å²) < 4.78 is 15.1. The van der Waals surface area contributed by atoms with Gasteiger partial charge in [0.1, 0.15) is 6.26 Å². The molecule has 0 aliphatic carbocycles. The number of carbonyl (C=O) groups is 1. The molecule has 1 aromatic heterocycles. The van der Waals surface area contributed by atoms with Gasteiger partial charge < -0.3 is 19.0 Å². The number of carboxylic acid groups (broad SMARTS) is 1. The summed E-state index contributed by atoms with van der Waals surface area (Å²) in [6, 6.07) is 4.85. The van der Waals surface area contributed by atoms with Gasteiger partial charge in [0.25, 0.3) is 0 Å². The lowest BCUT2D eigenvalue weighted by Gasteiger charge is -2.05. The van der Waals surface area contributed by atoms with Crippen LogP contribution in [0.4, 0.5) is 0 Å². The molecule has 0 atom stereocenters. The van der Waals surface area contributed by atoms with Crippen molar-refractivity contribution in [2.45, 2.75) is 0 Å². The molecular formula is C12H10O6. The molecule has 2 aromatic rings. The largest absolute Gasteiger partial charge is 0.493 e. The predicted molar refractivity (Wildman–Crippen MR) is 62.2 cm³/mol. The smallest absolute Gasteiger partial charge is 0.341 e. The lowest BCUT2D eigenvalue weighted by atomic mass is 10.2. The van der Waals surface area contributed by atoms with E-state index in [2.05, 4.69) is 0 Å². The molecule has 0 radical (unpaired) electrons. The van der Waals surface area contributed by atoms with Gasteiger partial charge in [-0.25, -0.2) is 4.79 Å². The second-order valence-corrected chi connectivity index (χ2v) is 3.45. The number of hydrogen-bond acceptors (Lipinski definition) is 5. The molecule has 1 heterocycles. The van der Waals surface area contributed by atoms with E-state index in [4.69, 9.17) is 19.0 Å². The molecule has 6 nitrogen and oxygen atoms in total. The molecule has 0 bridgehead atoms. The Bertz CT molecular complexity index is 643. The highest BCUT2D eigenvalue weighted by atomic mass is 16.5. The number of para-hydroxylation sites is 1. The Morgan fingerprint density at radius 2 is 2.17 bits per heavy atom. The van der Waals surface area contributed by atoms with Crippen LogP contribution in [-0.2, 0) is 4.79 Å². The van der Waals surface area contributed by atoms with Crippen LogP contribution in [0.25, 0.3) is 11.0 Å². The molecule has 0 fully saturated rings. The first-order chi connectivity index (χ1) is 8.63. The summed E-state index contributed by atoms with van der Waals surface area (Å²) in [4.78, 5) is 22.3. The minimum absolute atomic E-state index is 0.141. The van der Waals surface area contributed by atoms with Crippen LogP contribution in [0.1, 0.15) is 0 Å². The van der Waals surface area contributed by atoms with Gasteiger partial charge in [-0.2, -0.15) is 0 Å². The first-order valence-corrected chi connectivity index (χ1v) is 5.06. The summed E-state index contributed by atoms with van der Waals surface area (Å²) >= 11 is 0. The summed E-state index contributed by atoms with van der Waals surface area (Å²) in [5.41, 5.74) is -0.135. The van der Waals surface area contributed by atoms with E-state index in [9.17, 15) is 9.59 Å². The number of aliphatic carboxylic acids is 1. The van der Waals surface area contributed by atoms with Crippen molar-refractivity contribution >= 4 is 16.9 Å². The van der Waals surface area contributed by atoms with Gasteiger partial charge in [-0.05, 0) is 12.1 Å². The lowest BCUT2D eigenvalue weighted by molar-refractivity contribution is -0.139. The fraction of sp³-hybridized carbons (Fsp3) is 0.167. The molecule has 0 aliphatic rings. The Kier molecular flexibility index (Phi) is 3.18. The van der Waals surface area contributed by atoms with E-state index in [1.54, 1.807) is 18.2 Å². The fourth-order valence-electron chi connectivity index (χ4n) is 1.51. The molecule has 0 saturated heterocycles. The van der Waals surface area contributed by atoms with Crippen molar-refractivity contribution in [1.29, 1.82) is 0 Å². The third kappa shape index (κ3) is 2.13. The second kappa shape index (κ2) is 4.79. The molecule has 2 rings (SSSR count). The van der Waals surface area contributed by atoms with Gasteiger partial charge >= 0.3 is 5.97 Å². The summed E-state index contributed by atoms with van der Waals surface area (Å²) in [6.45, 7) is -0.597. The van der Waals surface area contributed by atoms with Crippen molar-refractivity contribution in [2.75, 3.05) is 13.7 Å². The maximum atomic E-state index is 12.0. The van der Waals surface area contributed by atoms with Crippen LogP contribution in [0.5, 0.6) is 11.5 Å². The Morgan fingerprint density at radius 1 is 1.39 bits per heavy atom. The zero-order valence-electron chi connectivity index (χ0n) is 9.50. The topological polar surface area (TPSA) is 86.0 Å². The Balaban J connectivity index is 2.51. The molecule has 6 heteroatoms. The average Bonchev–Trinajstić information content (AvgIpc) is 2.37. The minimum atomic E-state index is -1.17. The van der Waals surface area contributed by atoms with Gasteiger partial charge in [0.2, 0.25) is 11.2 Å². The van der Waals surface area contributed by atoms with E-state index in [-0.39, 0.29) is 11.1 Å². The average molecular weight is 250 g/mol. The molecular weight excluding hydrogens is 240 g/mol. The first kappa shape index (κ1) is 12.0. The van der Waals surface area contributed by atoms with Gasteiger partial charge in [-0.3, -0.25) is 4.79 Å². The predicted octanol–water partition coefficient (Wildman–Crippen LogP) is 1.26. The third-order valence-corrected chi connectivity index (χ3v) is 2.30. The van der Waals surface area contributed by atoms with Crippen molar-refractivity contribution in [3.8, 4) is 11.5 Å². The molecule has 18 heavy (non-hydrogen) atoms. The molecule has 94 valence electrons. The zero-order valence-corrected chi connectivity index (χ0v) is 9.50. The van der Waals surface area contributed by atoms with Crippen LogP contribution in [0.2, 0.25) is 0 Å². The van der Waals surface area contributed by atoms with E-state index in [1.807, 2.05) is 0 Å². The summed E-state index contributed by atoms with van der Waals surface area (Å²) in [5, 5.41) is 8.76. The van der Waals surface area contributed by atoms with Crippen LogP contribution in [0.15, 0.2) is 33.7 Å². The number of benzene rings is 1. The Morgan fingerprint density at radius 3 is 2.83 bits per heavy atom. The third-order valence-electron chi connectivity index (χ3n) is 2.30. The highest BCUT2D eigenvalue weighted by Crippen LogP contribution is 2.24. The van der Waals surface area contributed by atoms with E-state index in [0.717, 1.165) is 6.26 Å². The summed E-state index contributed by atoms with van der Waals surface area (Å²) in [6.07, 6.45) is 1.08. The lowest BCUT2D eigenvalue weighted by Crippen LogP contribution is -2.14. The molecule has 0 saturated carbocycles. The van der Waals surface area contributed by atoms with Crippen LogP contribution in [0.3, 0.4) is 0 Å². The number of carboxylic acids is 1. The van der Waals surface area contributed by atoms with Crippen LogP contribution >= 0.6 is 0 Å². The molecule has 0 unspecified atom stereocenters. The van der Waals surface area contributed by atoms with Gasteiger partial charge in [0, 0.05) is 0 Å². The Hall–Kier alpha value is -2.50. The number of ether oxygens (including phenoxy) is 2. The van der Waals surface area contributed by atoms with Crippen molar-refractivity contribution in [1.82, 2.24) is 0 Å². The summed E-state index contributed by atoms with van der Waals surface area (Å²) in [7, 11) is 1.46. The van der Waals surface area contributed by atoms with Gasteiger partial charge in [-0.1, -0.05) is 6.07 Å². The second-order valence-electron chi connectivity index (χ2n) is 3.45. The Labute approximate surface area is 101 Å². The monoisotopic (exact) mass is 250 g/mol. The number of rotatable bonds is 4. The van der Waals surface area contributed by atoms with Crippen LogP contribution in [0, 0.1) is 0 Å². The number of hydrogen-bond donors (Lipinski definition) is 1. The highest BCUT2D eigenvalue weighted by Gasteiger charge is 2.12. The van der Waals surface area contributed by atoms with Gasteiger partial charge in [0.15, 0.2) is 17.9 Å². The first-order valence-electron chi connectivity index (χ1n) is 5.06. The van der Waals surface area contributed by atoms with Crippen molar-refractivity contribution in [3.63, 3.8) is 0 Å². The van der Waals surface area contributed by atoms with E-state index >= 15 is 0 Å². The van der Waals surface area contributed by atoms with E-state index < -0.39 is 18.0 Å². The van der Waals surface area contributed by atoms with Crippen molar-refractivity contribution in [3.05, 3.63) is 34.7 Å². The minimum Gasteiger partial charge on any atom is -0.493 e. The molecule has 1 aromatic carbocycles. The van der Waals surface area contributed by atoms with Crippen LogP contribution in [-0.4, -0.2) is 24.8 Å². The van der Waals surface area contributed by atoms with Crippen molar-refractivity contribution in [2.24, 2.45) is 0 Å².